The summed E-state index contributed by atoms with van der Waals surface area (Å²) in [6.45, 7) is 3.41. The first-order valence-corrected chi connectivity index (χ1v) is 1.70. The Balaban J connectivity index is 3.17. The van der Waals surface area contributed by atoms with Crippen molar-refractivity contribution in [2.45, 2.75) is 0 Å². The number of nitrogens with one attached hydrogen (secondary N) is 1. The summed E-state index contributed by atoms with van der Waals surface area (Å²) in [7, 11) is 0. The molecule has 1 nitrogen and oxygen atoms in total. The van der Waals surface area contributed by atoms with Crippen LogP contribution in [0, 0.1) is 5.41 Å². The lowest BCUT2D eigenvalue weighted by atomic mass is 10.5. The van der Waals surface area contributed by atoms with E-state index in [9.17, 15) is 0 Å². The third-order valence-electron chi connectivity index (χ3n) is 0.343. The van der Waals surface area contributed by atoms with Gasteiger partial charge in [-0.3, -0.25) is 0 Å². The first-order chi connectivity index (χ1) is 2.91. The molecule has 0 rings (SSSR count). The van der Waals surface area contributed by atoms with Crippen LogP contribution >= 0.6 is 0 Å². The van der Waals surface area contributed by atoms with Crippen LogP contribution < -0.4 is 0 Å². The largest absolute Gasteiger partial charge is 0.309 e. The van der Waals surface area contributed by atoms with Gasteiger partial charge in [0, 0.05) is 6.21 Å². The highest BCUT2D eigenvalue weighted by Gasteiger charge is 1.48. The molecule has 0 aromatic heterocycles. The van der Waals surface area contributed by atoms with Crippen molar-refractivity contribution in [3.8, 4) is 0 Å². The van der Waals surface area contributed by atoms with E-state index in [0.717, 1.165) is 0 Å². The van der Waals surface area contributed by atoms with Crippen molar-refractivity contribution in [3.63, 3.8) is 0 Å². The summed E-state index contributed by atoms with van der Waals surface area (Å²) in [6.07, 6.45) is 6.15. The Kier molecular flexibility index (Phi) is 3.56. The van der Waals surface area contributed by atoms with Crippen molar-refractivity contribution < 1.29 is 0 Å². The first kappa shape index (κ1) is 5.15. The van der Waals surface area contributed by atoms with Crippen molar-refractivity contribution in [2.75, 3.05) is 0 Å². The van der Waals surface area contributed by atoms with Gasteiger partial charge in [-0.05, 0) is 6.08 Å². The molecule has 0 radical (unpaired) electrons. The zero-order valence-corrected chi connectivity index (χ0v) is 3.52. The lowest BCUT2D eigenvalue weighted by molar-refractivity contribution is 1.58. The van der Waals surface area contributed by atoms with Crippen LogP contribution in [0.3, 0.4) is 0 Å². The van der Waals surface area contributed by atoms with Crippen molar-refractivity contribution in [1.29, 1.82) is 5.41 Å². The molecule has 0 saturated carbocycles. The zero-order chi connectivity index (χ0) is 4.83. The summed E-state index contributed by atoms with van der Waals surface area (Å²) in [5, 5.41) is 6.45. The summed E-state index contributed by atoms with van der Waals surface area (Å²) in [4.78, 5) is 0. The Bertz CT molecular complexity index is 62.0. The summed E-state index contributed by atoms with van der Waals surface area (Å²) in [6, 6.07) is 0. The van der Waals surface area contributed by atoms with E-state index in [4.69, 9.17) is 5.41 Å². The maximum atomic E-state index is 6.45. The lowest BCUT2D eigenvalue weighted by Crippen LogP contribution is -1.50. The number of hydrogen-bond acceptors (Lipinski definition) is 1. The van der Waals surface area contributed by atoms with E-state index in [1.165, 1.54) is 6.21 Å². The highest BCUT2D eigenvalue weighted by molar-refractivity contribution is 5.67. The van der Waals surface area contributed by atoms with E-state index in [0.29, 0.717) is 0 Å². The number of rotatable bonds is 2. The molecule has 0 unspecified atom stereocenters. The molecule has 0 heterocycles. The predicted octanol–water partition coefficient (Wildman–Crippen LogP) is 1.38. The summed E-state index contributed by atoms with van der Waals surface area (Å²) in [5.41, 5.74) is 0. The molecule has 0 aliphatic heterocycles. The molecule has 0 spiro atoms. The van der Waals surface area contributed by atoms with Gasteiger partial charge in [-0.15, -0.1) is 0 Å². The van der Waals surface area contributed by atoms with E-state index >= 15 is 0 Å². The molecule has 0 atom stereocenters. The normalized spacial score (nSPS) is 8.67. The Morgan fingerprint density at radius 3 is 2.17 bits per heavy atom. The molecule has 0 bridgehead atoms. The fourth-order valence-corrected chi connectivity index (χ4v) is 0.134. The summed E-state index contributed by atoms with van der Waals surface area (Å²) in [5.74, 6) is 0. The molecule has 0 fully saturated rings. The molecule has 0 aromatic carbocycles. The maximum Gasteiger partial charge on any atom is 0.0177 e. The topological polar surface area (TPSA) is 23.9 Å². The second-order valence-corrected chi connectivity index (χ2v) is 0.787. The molecule has 6 heavy (non-hydrogen) atoms. The molecular formula is C5H7N. The van der Waals surface area contributed by atoms with Crippen LogP contribution in [0.25, 0.3) is 0 Å². The van der Waals surface area contributed by atoms with Crippen LogP contribution in [0.4, 0.5) is 0 Å². The third kappa shape index (κ3) is 3.15. The van der Waals surface area contributed by atoms with Gasteiger partial charge in [0.2, 0.25) is 0 Å². The Labute approximate surface area is 37.5 Å². The van der Waals surface area contributed by atoms with Crippen LogP contribution in [-0.4, -0.2) is 6.21 Å². The van der Waals surface area contributed by atoms with Crippen LogP contribution in [0.1, 0.15) is 0 Å². The number of hydrogen-bond donors (Lipinski definition) is 1. The van der Waals surface area contributed by atoms with Gasteiger partial charge in [0.25, 0.3) is 0 Å². The Hall–Kier alpha value is -0.850. The van der Waals surface area contributed by atoms with Crippen molar-refractivity contribution in [3.05, 3.63) is 24.8 Å². The minimum atomic E-state index is 1.21. The van der Waals surface area contributed by atoms with Gasteiger partial charge in [-0.2, -0.15) is 0 Å². The average Bonchev–Trinajstić information content (AvgIpc) is 1.61. The minimum Gasteiger partial charge on any atom is -0.309 e. The van der Waals surface area contributed by atoms with E-state index in [1.807, 2.05) is 0 Å². The first-order valence-electron chi connectivity index (χ1n) is 1.70. The molecule has 0 saturated heterocycles. The third-order valence-corrected chi connectivity index (χ3v) is 0.343. The van der Waals surface area contributed by atoms with Crippen molar-refractivity contribution in [1.82, 2.24) is 0 Å². The van der Waals surface area contributed by atoms with E-state index in [1.54, 1.807) is 18.2 Å². The second-order valence-electron chi connectivity index (χ2n) is 0.787. The van der Waals surface area contributed by atoms with Gasteiger partial charge < -0.3 is 5.41 Å². The molecule has 1 heteroatoms. The molecular weight excluding hydrogens is 74.1 g/mol. The monoisotopic (exact) mass is 81.1 g/mol. The van der Waals surface area contributed by atoms with E-state index < -0.39 is 0 Å². The average molecular weight is 81.1 g/mol. The SMILES string of the molecule is C=CC=CC=N. The fraction of sp³-hybridized carbons (Fsp3) is 0. The number of allylic oxidation sites excluding steroid dienone is 3. The molecule has 0 aliphatic rings. The molecule has 0 aromatic rings. The van der Waals surface area contributed by atoms with Crippen LogP contribution in [0.15, 0.2) is 24.8 Å². The van der Waals surface area contributed by atoms with Gasteiger partial charge >= 0.3 is 0 Å². The highest BCUT2D eigenvalue weighted by atomic mass is 14.3. The summed E-state index contributed by atoms with van der Waals surface area (Å²) >= 11 is 0. The van der Waals surface area contributed by atoms with E-state index in [2.05, 4.69) is 6.58 Å². The highest BCUT2D eigenvalue weighted by Crippen LogP contribution is 1.63. The van der Waals surface area contributed by atoms with E-state index in [-0.39, 0.29) is 0 Å². The van der Waals surface area contributed by atoms with Crippen molar-refractivity contribution >= 4 is 6.21 Å². The van der Waals surface area contributed by atoms with Gasteiger partial charge in [0.05, 0.1) is 0 Å². The van der Waals surface area contributed by atoms with Gasteiger partial charge in [0.15, 0.2) is 0 Å². The summed E-state index contributed by atoms with van der Waals surface area (Å²) < 4.78 is 0. The van der Waals surface area contributed by atoms with Crippen LogP contribution in [0.5, 0.6) is 0 Å². The molecule has 1 N–H and O–H groups in total. The van der Waals surface area contributed by atoms with Crippen molar-refractivity contribution in [2.24, 2.45) is 0 Å². The van der Waals surface area contributed by atoms with Gasteiger partial charge in [-0.25, -0.2) is 0 Å². The molecule has 32 valence electrons. The minimum absolute atomic E-state index is 1.21. The molecule has 0 aliphatic carbocycles. The Morgan fingerprint density at radius 2 is 2.00 bits per heavy atom. The second kappa shape index (κ2) is 4.15. The van der Waals surface area contributed by atoms with Crippen LogP contribution in [0.2, 0.25) is 0 Å². The quantitative estimate of drug-likeness (QED) is 0.383. The zero-order valence-electron chi connectivity index (χ0n) is 3.52. The maximum absolute atomic E-state index is 6.45. The lowest BCUT2D eigenvalue weighted by Gasteiger charge is -1.59. The molecule has 0 amide bonds. The predicted molar refractivity (Wildman–Crippen MR) is 28.1 cm³/mol. The fourth-order valence-electron chi connectivity index (χ4n) is 0.134. The standard InChI is InChI=1S/C5H7N/c1-2-3-4-5-6/h2-6H,1H2. The van der Waals surface area contributed by atoms with Crippen LogP contribution in [-0.2, 0) is 0 Å². The smallest absolute Gasteiger partial charge is 0.0177 e. The van der Waals surface area contributed by atoms with Gasteiger partial charge in [0.1, 0.15) is 0 Å². The van der Waals surface area contributed by atoms with Gasteiger partial charge in [-0.1, -0.05) is 18.7 Å². The Morgan fingerprint density at radius 1 is 1.33 bits per heavy atom.